The van der Waals surface area contributed by atoms with Crippen LogP contribution in [0, 0.1) is 0 Å². The molecule has 15 heavy (non-hydrogen) atoms. The predicted octanol–water partition coefficient (Wildman–Crippen LogP) is 3.69. The lowest BCUT2D eigenvalue weighted by atomic mass is 10.1. The van der Waals surface area contributed by atoms with Crippen LogP contribution in [0.4, 0.5) is 0 Å². The van der Waals surface area contributed by atoms with Crippen LogP contribution in [0.5, 0.6) is 0 Å². The van der Waals surface area contributed by atoms with Crippen molar-refractivity contribution in [3.05, 3.63) is 36.1 Å². The van der Waals surface area contributed by atoms with E-state index in [1.807, 2.05) is 40.7 Å². The molecule has 0 spiro atoms. The van der Waals surface area contributed by atoms with Crippen molar-refractivity contribution in [1.29, 1.82) is 0 Å². The molecule has 1 aliphatic heterocycles. The number of nitrogens with zero attached hydrogens (tertiary/aromatic N) is 1. The predicted molar refractivity (Wildman–Crippen MR) is 71.2 cm³/mol. The standard InChI is InChI=1S/C9H12N2.2C2H6/c1-7(2)4-9-8(3)5-10-6-11-9;2*1-2/h4-5,11H,1,3,6H2,2H3;2*1-2H3/b9-4+;;. The average Bonchev–Trinajstić information content (AvgIpc) is 2.27. The normalized spacial score (nSPS) is 15.5. The van der Waals surface area contributed by atoms with Crippen LogP contribution in [0.1, 0.15) is 34.6 Å². The molecule has 0 atom stereocenters. The molecule has 1 N–H and O–H groups in total. The molecule has 0 aromatic carbocycles. The van der Waals surface area contributed by atoms with Crippen LogP contribution < -0.4 is 5.32 Å². The van der Waals surface area contributed by atoms with Crippen molar-refractivity contribution in [3.8, 4) is 0 Å². The Hall–Kier alpha value is -1.31. The van der Waals surface area contributed by atoms with Gasteiger partial charge in [0.25, 0.3) is 0 Å². The van der Waals surface area contributed by atoms with Gasteiger partial charge in [-0.3, -0.25) is 4.99 Å². The number of allylic oxidation sites excluding steroid dienone is 3. The minimum absolute atomic E-state index is 0.637. The first kappa shape index (κ1) is 16.1. The molecule has 0 aliphatic carbocycles. The molecule has 0 saturated heterocycles. The van der Waals surface area contributed by atoms with Crippen molar-refractivity contribution in [2.75, 3.05) is 6.67 Å². The third kappa shape index (κ3) is 7.74. The van der Waals surface area contributed by atoms with Crippen LogP contribution in [0.25, 0.3) is 0 Å². The maximum atomic E-state index is 4.01. The van der Waals surface area contributed by atoms with Gasteiger partial charge in [-0.25, -0.2) is 0 Å². The zero-order valence-corrected chi connectivity index (χ0v) is 10.7. The van der Waals surface area contributed by atoms with Crippen molar-refractivity contribution in [2.45, 2.75) is 34.6 Å². The second kappa shape index (κ2) is 10.8. The molecule has 0 unspecified atom stereocenters. The van der Waals surface area contributed by atoms with Gasteiger partial charge in [-0.15, -0.1) is 0 Å². The fourth-order valence-electron chi connectivity index (χ4n) is 0.860. The van der Waals surface area contributed by atoms with Crippen LogP contribution in [0.2, 0.25) is 0 Å². The third-order valence-corrected chi connectivity index (χ3v) is 1.34. The van der Waals surface area contributed by atoms with Gasteiger partial charge in [0.1, 0.15) is 6.67 Å². The number of aliphatic imine (C=N–C) groups is 1. The SMILES string of the molecule is C=C(C)/C=C1/NCN=CC1=C.CC.CC. The molecular formula is C13H24N2. The maximum Gasteiger partial charge on any atom is 0.107 e. The smallest absolute Gasteiger partial charge is 0.107 e. The van der Waals surface area contributed by atoms with E-state index in [0.29, 0.717) is 6.67 Å². The largest absolute Gasteiger partial charge is 0.366 e. The Morgan fingerprint density at radius 3 is 2.33 bits per heavy atom. The van der Waals surface area contributed by atoms with Crippen LogP contribution in [-0.2, 0) is 0 Å². The molecule has 1 aliphatic rings. The molecule has 2 nitrogen and oxygen atoms in total. The fourth-order valence-corrected chi connectivity index (χ4v) is 0.860. The van der Waals surface area contributed by atoms with Gasteiger partial charge >= 0.3 is 0 Å². The molecular weight excluding hydrogens is 184 g/mol. The number of hydrogen-bond donors (Lipinski definition) is 1. The van der Waals surface area contributed by atoms with E-state index in [0.717, 1.165) is 16.8 Å². The molecule has 1 heterocycles. The molecule has 0 aromatic heterocycles. The molecule has 86 valence electrons. The first-order chi connectivity index (χ1) is 7.20. The van der Waals surface area contributed by atoms with E-state index >= 15 is 0 Å². The summed E-state index contributed by atoms with van der Waals surface area (Å²) in [5.74, 6) is 0. The summed E-state index contributed by atoms with van der Waals surface area (Å²) in [6, 6.07) is 0. The quantitative estimate of drug-likeness (QED) is 0.698. The van der Waals surface area contributed by atoms with Gasteiger partial charge in [0.05, 0.1) is 0 Å². The number of rotatable bonds is 1. The van der Waals surface area contributed by atoms with Gasteiger partial charge in [-0.2, -0.15) is 0 Å². The zero-order valence-electron chi connectivity index (χ0n) is 10.7. The molecule has 2 heteroatoms. The maximum absolute atomic E-state index is 4.01. The molecule has 0 aromatic rings. The summed E-state index contributed by atoms with van der Waals surface area (Å²) in [6.45, 7) is 18.2. The third-order valence-electron chi connectivity index (χ3n) is 1.34. The van der Waals surface area contributed by atoms with Crippen LogP contribution >= 0.6 is 0 Å². The summed E-state index contributed by atoms with van der Waals surface area (Å²) >= 11 is 0. The molecule has 0 radical (unpaired) electrons. The van der Waals surface area contributed by atoms with E-state index in [4.69, 9.17) is 0 Å². The second-order valence-electron chi connectivity index (χ2n) is 2.58. The Kier molecular flexibility index (Phi) is 11.6. The minimum Gasteiger partial charge on any atom is -0.366 e. The Balaban J connectivity index is 0. The highest BCUT2D eigenvalue weighted by atomic mass is 15.0. The van der Waals surface area contributed by atoms with Gasteiger partial charge in [0, 0.05) is 17.5 Å². The van der Waals surface area contributed by atoms with Crippen LogP contribution in [-0.4, -0.2) is 12.9 Å². The van der Waals surface area contributed by atoms with Gasteiger partial charge in [-0.05, 0) is 13.0 Å². The van der Waals surface area contributed by atoms with Crippen molar-refractivity contribution in [3.63, 3.8) is 0 Å². The Morgan fingerprint density at radius 1 is 1.40 bits per heavy atom. The molecule has 0 bridgehead atoms. The summed E-state index contributed by atoms with van der Waals surface area (Å²) in [7, 11) is 0. The zero-order chi connectivity index (χ0) is 12.3. The summed E-state index contributed by atoms with van der Waals surface area (Å²) < 4.78 is 0. The van der Waals surface area contributed by atoms with Crippen molar-refractivity contribution < 1.29 is 0 Å². The first-order valence-electron chi connectivity index (χ1n) is 5.50. The van der Waals surface area contributed by atoms with E-state index < -0.39 is 0 Å². The highest BCUT2D eigenvalue weighted by molar-refractivity contribution is 5.84. The van der Waals surface area contributed by atoms with Crippen LogP contribution in [0.15, 0.2) is 41.1 Å². The molecule has 0 amide bonds. The minimum atomic E-state index is 0.637. The van der Waals surface area contributed by atoms with E-state index in [1.165, 1.54) is 0 Å². The van der Waals surface area contributed by atoms with Crippen molar-refractivity contribution >= 4 is 6.21 Å². The second-order valence-corrected chi connectivity index (χ2v) is 2.58. The lowest BCUT2D eigenvalue weighted by molar-refractivity contribution is 0.829. The molecule has 0 saturated carbocycles. The number of hydrogen-bond acceptors (Lipinski definition) is 2. The molecule has 1 rings (SSSR count). The van der Waals surface area contributed by atoms with E-state index in [2.05, 4.69) is 23.5 Å². The van der Waals surface area contributed by atoms with Gasteiger partial charge in [0.15, 0.2) is 0 Å². The van der Waals surface area contributed by atoms with Gasteiger partial charge < -0.3 is 5.32 Å². The van der Waals surface area contributed by atoms with E-state index in [9.17, 15) is 0 Å². The highest BCUT2D eigenvalue weighted by Crippen LogP contribution is 2.07. The molecule has 0 fully saturated rings. The van der Waals surface area contributed by atoms with Crippen molar-refractivity contribution in [1.82, 2.24) is 5.32 Å². The Morgan fingerprint density at radius 2 is 1.93 bits per heavy atom. The summed E-state index contributed by atoms with van der Waals surface area (Å²) in [4.78, 5) is 4.01. The first-order valence-corrected chi connectivity index (χ1v) is 5.50. The average molecular weight is 208 g/mol. The van der Waals surface area contributed by atoms with Crippen molar-refractivity contribution in [2.24, 2.45) is 4.99 Å². The Bertz CT molecular complexity index is 247. The lowest BCUT2D eigenvalue weighted by Gasteiger charge is -2.13. The lowest BCUT2D eigenvalue weighted by Crippen LogP contribution is -2.19. The Labute approximate surface area is 94.5 Å². The summed E-state index contributed by atoms with van der Waals surface area (Å²) in [5.41, 5.74) is 2.95. The number of nitrogens with one attached hydrogen (secondary N) is 1. The van der Waals surface area contributed by atoms with Crippen LogP contribution in [0.3, 0.4) is 0 Å². The summed E-state index contributed by atoms with van der Waals surface area (Å²) in [5, 5.41) is 3.10. The fraction of sp³-hybridized carbons (Fsp3) is 0.462. The topological polar surface area (TPSA) is 24.4 Å². The van der Waals surface area contributed by atoms with E-state index in [1.54, 1.807) is 6.21 Å². The van der Waals surface area contributed by atoms with E-state index in [-0.39, 0.29) is 0 Å². The van der Waals surface area contributed by atoms with Gasteiger partial charge in [-0.1, -0.05) is 46.4 Å². The summed E-state index contributed by atoms with van der Waals surface area (Å²) in [6.07, 6.45) is 3.73. The van der Waals surface area contributed by atoms with Gasteiger partial charge in [0.2, 0.25) is 0 Å². The monoisotopic (exact) mass is 208 g/mol. The highest BCUT2D eigenvalue weighted by Gasteiger charge is 2.02.